The molecule has 1 heterocycles. The number of amides is 1. The molecule has 1 fully saturated rings. The number of hydrogen-bond acceptors (Lipinski definition) is 5. The van der Waals surface area contributed by atoms with Gasteiger partial charge in [0.15, 0.2) is 0 Å². The average molecular weight is 370 g/mol. The number of sulfonamides is 1. The van der Waals surface area contributed by atoms with Crippen LogP contribution in [0, 0.1) is 0 Å². The number of nitrogens with zero attached hydrogens (tertiary/aromatic N) is 2. The Labute approximate surface area is 149 Å². The summed E-state index contributed by atoms with van der Waals surface area (Å²) >= 11 is 0. The minimum absolute atomic E-state index is 0.146. The highest BCUT2D eigenvalue weighted by molar-refractivity contribution is 7.89. The van der Waals surface area contributed by atoms with Crippen LogP contribution >= 0.6 is 0 Å². The largest absolute Gasteiger partial charge is 0.497 e. The van der Waals surface area contributed by atoms with E-state index in [4.69, 9.17) is 9.47 Å². The Kier molecular flexibility index (Phi) is 6.66. The fraction of sp³-hybridized carbons (Fsp3) is 0.588. The SMILES string of the molecule is CCCS(=O)(=O)N1CCCN(C(=O)c2cc(OC)cc(OC)c2)CC1. The zero-order valence-corrected chi connectivity index (χ0v) is 15.8. The van der Waals surface area contributed by atoms with Gasteiger partial charge in [-0.2, -0.15) is 0 Å². The number of hydrogen-bond donors (Lipinski definition) is 0. The zero-order chi connectivity index (χ0) is 18.4. The van der Waals surface area contributed by atoms with Crippen molar-refractivity contribution < 1.29 is 22.7 Å². The van der Waals surface area contributed by atoms with E-state index >= 15 is 0 Å². The van der Waals surface area contributed by atoms with Crippen molar-refractivity contribution in [2.24, 2.45) is 0 Å². The third-order valence-corrected chi connectivity index (χ3v) is 6.27. The highest BCUT2D eigenvalue weighted by atomic mass is 32.2. The van der Waals surface area contributed by atoms with E-state index in [1.807, 2.05) is 6.92 Å². The number of methoxy groups -OCH3 is 2. The van der Waals surface area contributed by atoms with Gasteiger partial charge in [-0.25, -0.2) is 12.7 Å². The average Bonchev–Trinajstić information content (AvgIpc) is 2.87. The van der Waals surface area contributed by atoms with Crippen LogP contribution in [0.3, 0.4) is 0 Å². The fourth-order valence-corrected chi connectivity index (χ4v) is 4.42. The van der Waals surface area contributed by atoms with E-state index in [1.54, 1.807) is 23.1 Å². The first-order chi connectivity index (χ1) is 11.9. The van der Waals surface area contributed by atoms with Crippen LogP contribution in [0.25, 0.3) is 0 Å². The standard InChI is InChI=1S/C17H26N2O5S/c1-4-10-25(21,22)19-7-5-6-18(8-9-19)17(20)14-11-15(23-2)13-16(12-14)24-3/h11-13H,4-10H2,1-3H3. The molecule has 1 aromatic carbocycles. The minimum Gasteiger partial charge on any atom is -0.497 e. The van der Waals surface area contributed by atoms with Crippen molar-refractivity contribution in [3.63, 3.8) is 0 Å². The molecule has 1 saturated heterocycles. The van der Waals surface area contributed by atoms with E-state index in [2.05, 4.69) is 0 Å². The molecule has 0 bridgehead atoms. The first kappa shape index (κ1) is 19.5. The summed E-state index contributed by atoms with van der Waals surface area (Å²) in [5.74, 6) is 1.09. The lowest BCUT2D eigenvalue weighted by Gasteiger charge is -2.22. The molecule has 0 N–H and O–H groups in total. The van der Waals surface area contributed by atoms with Crippen LogP contribution in [0.1, 0.15) is 30.1 Å². The topological polar surface area (TPSA) is 76.2 Å². The summed E-state index contributed by atoms with van der Waals surface area (Å²) in [5.41, 5.74) is 0.473. The molecular weight excluding hydrogens is 344 g/mol. The summed E-state index contributed by atoms with van der Waals surface area (Å²) < 4.78 is 36.4. The number of rotatable bonds is 6. The van der Waals surface area contributed by atoms with Crippen LogP contribution in [-0.4, -0.2) is 69.7 Å². The quantitative estimate of drug-likeness (QED) is 0.760. The van der Waals surface area contributed by atoms with Gasteiger partial charge in [-0.1, -0.05) is 6.92 Å². The molecule has 0 aromatic heterocycles. The summed E-state index contributed by atoms with van der Waals surface area (Å²) in [4.78, 5) is 14.5. The Hall–Kier alpha value is -1.80. The van der Waals surface area contributed by atoms with Gasteiger partial charge >= 0.3 is 0 Å². The lowest BCUT2D eigenvalue weighted by atomic mass is 10.1. The second kappa shape index (κ2) is 8.53. The molecule has 1 aliphatic heterocycles. The molecule has 1 aliphatic rings. The smallest absolute Gasteiger partial charge is 0.254 e. The summed E-state index contributed by atoms with van der Waals surface area (Å²) in [6.45, 7) is 3.53. The van der Waals surface area contributed by atoms with Gasteiger partial charge in [0.2, 0.25) is 10.0 Å². The van der Waals surface area contributed by atoms with E-state index in [1.165, 1.54) is 18.5 Å². The normalized spacial score (nSPS) is 16.4. The summed E-state index contributed by atoms with van der Waals surface area (Å²) in [7, 11) is -0.170. The highest BCUT2D eigenvalue weighted by Crippen LogP contribution is 2.24. The molecule has 0 unspecified atom stereocenters. The second-order valence-electron chi connectivity index (χ2n) is 5.96. The Morgan fingerprint density at radius 1 is 1.04 bits per heavy atom. The Bertz CT molecular complexity index is 683. The summed E-state index contributed by atoms with van der Waals surface area (Å²) in [6, 6.07) is 5.04. The molecule has 25 heavy (non-hydrogen) atoms. The molecule has 0 saturated carbocycles. The molecule has 1 amide bonds. The van der Waals surface area contributed by atoms with Gasteiger partial charge in [0, 0.05) is 37.8 Å². The van der Waals surface area contributed by atoms with E-state index in [0.29, 0.717) is 56.1 Å². The lowest BCUT2D eigenvalue weighted by molar-refractivity contribution is 0.0763. The van der Waals surface area contributed by atoms with Crippen molar-refractivity contribution in [3.8, 4) is 11.5 Å². The number of benzene rings is 1. The summed E-state index contributed by atoms with van der Waals surface area (Å²) in [6.07, 6.45) is 1.21. The van der Waals surface area contributed by atoms with Gasteiger partial charge in [-0.3, -0.25) is 4.79 Å². The van der Waals surface area contributed by atoms with E-state index < -0.39 is 10.0 Å². The van der Waals surface area contributed by atoms with Crippen LogP contribution in [0.15, 0.2) is 18.2 Å². The Morgan fingerprint density at radius 3 is 2.24 bits per heavy atom. The predicted octanol–water partition coefficient (Wildman–Crippen LogP) is 1.59. The molecule has 7 nitrogen and oxygen atoms in total. The maximum Gasteiger partial charge on any atom is 0.254 e. The van der Waals surface area contributed by atoms with Crippen LogP contribution in [0.2, 0.25) is 0 Å². The summed E-state index contributed by atoms with van der Waals surface area (Å²) in [5, 5.41) is 0. The van der Waals surface area contributed by atoms with Crippen molar-refractivity contribution in [3.05, 3.63) is 23.8 Å². The van der Waals surface area contributed by atoms with Gasteiger partial charge < -0.3 is 14.4 Å². The number of carbonyl (C=O) groups excluding carboxylic acids is 1. The zero-order valence-electron chi connectivity index (χ0n) is 15.0. The maximum atomic E-state index is 12.8. The van der Waals surface area contributed by atoms with Gasteiger partial charge in [0.1, 0.15) is 11.5 Å². The number of ether oxygens (including phenoxy) is 2. The minimum atomic E-state index is -3.24. The van der Waals surface area contributed by atoms with Gasteiger partial charge in [0.25, 0.3) is 5.91 Å². The highest BCUT2D eigenvalue weighted by Gasteiger charge is 2.26. The molecule has 0 atom stereocenters. The van der Waals surface area contributed by atoms with Crippen molar-refractivity contribution in [2.45, 2.75) is 19.8 Å². The van der Waals surface area contributed by atoms with Gasteiger partial charge in [-0.15, -0.1) is 0 Å². The molecule has 1 aromatic rings. The Morgan fingerprint density at radius 2 is 1.68 bits per heavy atom. The van der Waals surface area contributed by atoms with Gasteiger partial charge in [0.05, 0.1) is 20.0 Å². The first-order valence-electron chi connectivity index (χ1n) is 8.41. The van der Waals surface area contributed by atoms with Crippen LogP contribution in [-0.2, 0) is 10.0 Å². The van der Waals surface area contributed by atoms with Crippen molar-refractivity contribution in [1.29, 1.82) is 0 Å². The van der Waals surface area contributed by atoms with Crippen LogP contribution in [0.4, 0.5) is 0 Å². The van der Waals surface area contributed by atoms with Gasteiger partial charge in [-0.05, 0) is 25.0 Å². The number of carbonyl (C=O) groups is 1. The molecule has 8 heteroatoms. The molecule has 0 radical (unpaired) electrons. The first-order valence-corrected chi connectivity index (χ1v) is 10.0. The van der Waals surface area contributed by atoms with Crippen molar-refractivity contribution >= 4 is 15.9 Å². The second-order valence-corrected chi connectivity index (χ2v) is 8.05. The predicted molar refractivity (Wildman–Crippen MR) is 95.7 cm³/mol. The van der Waals surface area contributed by atoms with E-state index in [-0.39, 0.29) is 11.7 Å². The molecule has 140 valence electrons. The van der Waals surface area contributed by atoms with Crippen molar-refractivity contribution in [1.82, 2.24) is 9.21 Å². The monoisotopic (exact) mass is 370 g/mol. The van der Waals surface area contributed by atoms with E-state index in [9.17, 15) is 13.2 Å². The molecular formula is C17H26N2O5S. The third kappa shape index (κ3) is 4.85. The lowest BCUT2D eigenvalue weighted by Crippen LogP contribution is -2.38. The van der Waals surface area contributed by atoms with E-state index in [0.717, 1.165) is 0 Å². The van der Waals surface area contributed by atoms with Crippen molar-refractivity contribution in [2.75, 3.05) is 46.2 Å². The molecule has 0 spiro atoms. The fourth-order valence-electron chi connectivity index (χ4n) is 2.88. The van der Waals surface area contributed by atoms with Crippen LogP contribution < -0.4 is 9.47 Å². The molecule has 2 rings (SSSR count). The Balaban J connectivity index is 2.13. The van der Waals surface area contributed by atoms with Crippen LogP contribution in [0.5, 0.6) is 11.5 Å². The maximum absolute atomic E-state index is 12.8. The third-order valence-electron chi connectivity index (χ3n) is 4.20. The molecule has 0 aliphatic carbocycles.